The number of carboxylic acid groups (broad SMARTS) is 1. The van der Waals surface area contributed by atoms with Gasteiger partial charge in [0.05, 0.1) is 5.92 Å². The van der Waals surface area contributed by atoms with Gasteiger partial charge < -0.3 is 14.9 Å². The van der Waals surface area contributed by atoms with Gasteiger partial charge in [0.1, 0.15) is 0 Å². The van der Waals surface area contributed by atoms with E-state index in [-0.39, 0.29) is 24.2 Å². The van der Waals surface area contributed by atoms with Crippen molar-refractivity contribution in [3.8, 4) is 0 Å². The van der Waals surface area contributed by atoms with E-state index in [0.717, 1.165) is 25.2 Å². The fourth-order valence-corrected chi connectivity index (χ4v) is 3.22. The minimum Gasteiger partial charge on any atom is -0.481 e. The smallest absolute Gasteiger partial charge is 0.307 e. The summed E-state index contributed by atoms with van der Waals surface area (Å²) in [6, 6.07) is 8.03. The number of hydrogen-bond acceptors (Lipinski definition) is 3. The third kappa shape index (κ3) is 3.42. The van der Waals surface area contributed by atoms with Gasteiger partial charge in [-0.3, -0.25) is 9.59 Å². The van der Waals surface area contributed by atoms with Crippen LogP contribution in [0, 0.1) is 5.92 Å². The summed E-state index contributed by atoms with van der Waals surface area (Å²) in [5.74, 6) is -0.858. The van der Waals surface area contributed by atoms with Crippen LogP contribution in [0.25, 0.3) is 0 Å². The van der Waals surface area contributed by atoms with Crippen LogP contribution in [0.2, 0.25) is 0 Å². The number of anilines is 1. The van der Waals surface area contributed by atoms with E-state index in [4.69, 9.17) is 5.11 Å². The van der Waals surface area contributed by atoms with Crippen molar-refractivity contribution >= 4 is 30.0 Å². The predicted octanol–water partition coefficient (Wildman–Crippen LogP) is 1.79. The molecule has 1 aromatic carbocycles. The summed E-state index contributed by atoms with van der Waals surface area (Å²) in [7, 11) is 0. The molecule has 3 rings (SSSR count). The zero-order valence-electron chi connectivity index (χ0n) is 12.4. The lowest BCUT2D eigenvalue weighted by atomic mass is 10.1. The van der Waals surface area contributed by atoms with E-state index in [1.165, 1.54) is 5.56 Å². The molecule has 1 saturated heterocycles. The fourth-order valence-electron chi connectivity index (χ4n) is 3.22. The SMILES string of the molecule is Cl.O=C(O)C1CCN(CCC(=O)N2CCc3ccccc32)C1. The van der Waals surface area contributed by atoms with Crippen LogP contribution in [-0.2, 0) is 16.0 Å². The van der Waals surface area contributed by atoms with Crippen LogP contribution in [0.15, 0.2) is 24.3 Å². The number of rotatable bonds is 4. The van der Waals surface area contributed by atoms with E-state index in [1.807, 2.05) is 23.1 Å². The maximum atomic E-state index is 12.4. The van der Waals surface area contributed by atoms with Gasteiger partial charge in [-0.1, -0.05) is 18.2 Å². The summed E-state index contributed by atoms with van der Waals surface area (Å²) in [5, 5.41) is 8.99. The second kappa shape index (κ2) is 7.11. The first-order chi connectivity index (χ1) is 10.1. The third-order valence-electron chi connectivity index (χ3n) is 4.45. The number of likely N-dealkylation sites (tertiary alicyclic amines) is 1. The molecule has 1 atom stereocenters. The number of halogens is 1. The molecule has 5 nitrogen and oxygen atoms in total. The third-order valence-corrected chi connectivity index (χ3v) is 4.45. The van der Waals surface area contributed by atoms with E-state index < -0.39 is 5.97 Å². The van der Waals surface area contributed by atoms with Crippen molar-refractivity contribution in [2.24, 2.45) is 5.92 Å². The van der Waals surface area contributed by atoms with Crippen molar-refractivity contribution in [2.75, 3.05) is 31.1 Å². The molecule has 1 aromatic rings. The van der Waals surface area contributed by atoms with Crippen LogP contribution >= 0.6 is 12.4 Å². The summed E-state index contributed by atoms with van der Waals surface area (Å²) in [6.07, 6.45) is 2.07. The highest BCUT2D eigenvalue weighted by molar-refractivity contribution is 5.95. The number of benzene rings is 1. The van der Waals surface area contributed by atoms with Crippen molar-refractivity contribution in [2.45, 2.75) is 19.3 Å². The van der Waals surface area contributed by atoms with Crippen molar-refractivity contribution in [1.29, 1.82) is 0 Å². The Bertz CT molecular complexity index is 564. The highest BCUT2D eigenvalue weighted by Gasteiger charge is 2.29. The largest absolute Gasteiger partial charge is 0.481 e. The van der Waals surface area contributed by atoms with Crippen LogP contribution in [0.5, 0.6) is 0 Å². The fraction of sp³-hybridized carbons (Fsp3) is 0.500. The number of nitrogens with zero attached hydrogens (tertiary/aromatic N) is 2. The Morgan fingerprint density at radius 1 is 1.23 bits per heavy atom. The summed E-state index contributed by atoms with van der Waals surface area (Å²) in [5.41, 5.74) is 2.27. The minimum absolute atomic E-state index is 0. The molecule has 0 aromatic heterocycles. The molecule has 2 aliphatic heterocycles. The van der Waals surface area contributed by atoms with E-state index >= 15 is 0 Å². The molecular weight excluding hydrogens is 304 g/mol. The number of carbonyl (C=O) groups is 2. The lowest BCUT2D eigenvalue weighted by molar-refractivity contribution is -0.141. The Hall–Kier alpha value is -1.59. The molecule has 1 fully saturated rings. The van der Waals surface area contributed by atoms with Gasteiger partial charge >= 0.3 is 5.97 Å². The second-order valence-electron chi connectivity index (χ2n) is 5.80. The maximum absolute atomic E-state index is 12.4. The second-order valence-corrected chi connectivity index (χ2v) is 5.80. The first kappa shape index (κ1) is 16.8. The molecule has 2 aliphatic rings. The average Bonchev–Trinajstić information content (AvgIpc) is 3.11. The molecule has 0 saturated carbocycles. The first-order valence-electron chi connectivity index (χ1n) is 7.48. The van der Waals surface area contributed by atoms with Gasteiger partial charge in [-0.15, -0.1) is 12.4 Å². The van der Waals surface area contributed by atoms with Gasteiger partial charge in [0, 0.05) is 31.7 Å². The Labute approximate surface area is 136 Å². The Kier molecular flexibility index (Phi) is 5.42. The molecule has 2 heterocycles. The van der Waals surface area contributed by atoms with Gasteiger partial charge in [-0.25, -0.2) is 0 Å². The molecule has 6 heteroatoms. The van der Waals surface area contributed by atoms with Crippen molar-refractivity contribution in [3.63, 3.8) is 0 Å². The van der Waals surface area contributed by atoms with E-state index in [1.54, 1.807) is 0 Å². The van der Waals surface area contributed by atoms with Crippen molar-refractivity contribution in [1.82, 2.24) is 4.90 Å². The Balaban J connectivity index is 0.00000176. The van der Waals surface area contributed by atoms with E-state index in [2.05, 4.69) is 11.0 Å². The van der Waals surface area contributed by atoms with Gasteiger partial charge in [-0.05, 0) is 31.0 Å². The number of carboxylic acids is 1. The number of carbonyl (C=O) groups excluding carboxylic acids is 1. The number of para-hydroxylation sites is 1. The van der Waals surface area contributed by atoms with Crippen LogP contribution in [-0.4, -0.2) is 48.1 Å². The predicted molar refractivity (Wildman–Crippen MR) is 86.5 cm³/mol. The molecule has 0 spiro atoms. The number of amides is 1. The Morgan fingerprint density at radius 3 is 2.73 bits per heavy atom. The molecule has 0 bridgehead atoms. The quantitative estimate of drug-likeness (QED) is 0.917. The molecule has 0 radical (unpaired) electrons. The Morgan fingerprint density at radius 2 is 2.00 bits per heavy atom. The van der Waals surface area contributed by atoms with Crippen LogP contribution in [0.3, 0.4) is 0 Å². The molecule has 0 aliphatic carbocycles. The summed E-state index contributed by atoms with van der Waals surface area (Å²) in [6.45, 7) is 2.76. The van der Waals surface area contributed by atoms with Crippen molar-refractivity contribution in [3.05, 3.63) is 29.8 Å². The lowest BCUT2D eigenvalue weighted by Gasteiger charge is -2.20. The summed E-state index contributed by atoms with van der Waals surface area (Å²) in [4.78, 5) is 27.2. The summed E-state index contributed by atoms with van der Waals surface area (Å²) < 4.78 is 0. The van der Waals surface area contributed by atoms with Gasteiger partial charge in [0.15, 0.2) is 0 Å². The maximum Gasteiger partial charge on any atom is 0.307 e. The average molecular weight is 325 g/mol. The monoisotopic (exact) mass is 324 g/mol. The molecule has 22 heavy (non-hydrogen) atoms. The molecule has 1 N–H and O–H groups in total. The number of aliphatic carboxylic acids is 1. The van der Waals surface area contributed by atoms with Crippen LogP contribution < -0.4 is 4.90 Å². The highest BCUT2D eigenvalue weighted by Crippen LogP contribution is 2.28. The minimum atomic E-state index is -0.725. The zero-order valence-corrected chi connectivity index (χ0v) is 13.2. The number of hydrogen-bond donors (Lipinski definition) is 1. The van der Waals surface area contributed by atoms with Gasteiger partial charge in [-0.2, -0.15) is 0 Å². The molecule has 120 valence electrons. The van der Waals surface area contributed by atoms with Crippen LogP contribution in [0.4, 0.5) is 5.69 Å². The molecule has 1 amide bonds. The van der Waals surface area contributed by atoms with Gasteiger partial charge in [0.2, 0.25) is 5.91 Å². The summed E-state index contributed by atoms with van der Waals surface area (Å²) >= 11 is 0. The van der Waals surface area contributed by atoms with Gasteiger partial charge in [0.25, 0.3) is 0 Å². The van der Waals surface area contributed by atoms with Crippen LogP contribution in [0.1, 0.15) is 18.4 Å². The highest BCUT2D eigenvalue weighted by atomic mass is 35.5. The zero-order chi connectivity index (χ0) is 14.8. The standard InChI is InChI=1S/C16H20N2O3.ClH/c19-15(7-9-17-8-5-13(11-17)16(20)21)18-10-6-12-3-1-2-4-14(12)18;/h1-4,13H,5-11H2,(H,20,21);1H. The normalized spacial score (nSPS) is 20.5. The lowest BCUT2D eigenvalue weighted by Crippen LogP contribution is -2.33. The molecule has 1 unspecified atom stereocenters. The molecular formula is C16H21ClN2O3. The van der Waals surface area contributed by atoms with Crippen molar-refractivity contribution < 1.29 is 14.7 Å². The number of fused-ring (bicyclic) bond motifs is 1. The van der Waals surface area contributed by atoms with E-state index in [0.29, 0.717) is 25.9 Å². The first-order valence-corrected chi connectivity index (χ1v) is 7.48. The topological polar surface area (TPSA) is 60.9 Å². The van der Waals surface area contributed by atoms with E-state index in [9.17, 15) is 9.59 Å².